The maximum absolute atomic E-state index is 12.6. The summed E-state index contributed by atoms with van der Waals surface area (Å²) in [5.41, 5.74) is 2.02. The number of halogens is 3. The monoisotopic (exact) mass is 338 g/mol. The van der Waals surface area contributed by atoms with Crippen molar-refractivity contribution in [3.05, 3.63) is 46.5 Å². The number of rotatable bonds is 1. The van der Waals surface area contributed by atoms with Crippen molar-refractivity contribution in [2.45, 2.75) is 13.1 Å². The van der Waals surface area contributed by atoms with Crippen LogP contribution in [-0.4, -0.2) is 4.98 Å². The number of hydrogen-bond acceptors (Lipinski definition) is 5. The maximum atomic E-state index is 12.6. The summed E-state index contributed by atoms with van der Waals surface area (Å²) in [6.45, 7) is 1.96. The number of nitrogens with zero attached hydrogens (tertiary/aromatic N) is 1. The van der Waals surface area contributed by atoms with Gasteiger partial charge in [-0.15, -0.1) is 11.3 Å². The van der Waals surface area contributed by atoms with Crippen LogP contribution in [0.4, 0.5) is 18.9 Å². The largest absolute Gasteiger partial charge is 0.439 e. The molecule has 8 heteroatoms. The average molecular weight is 338 g/mol. The quantitative estimate of drug-likeness (QED) is 0.677. The molecule has 0 atom stereocenters. The van der Waals surface area contributed by atoms with Gasteiger partial charge >= 0.3 is 6.18 Å². The van der Waals surface area contributed by atoms with Gasteiger partial charge in [-0.05, 0) is 24.6 Å². The lowest BCUT2D eigenvalue weighted by atomic mass is 10.2. The molecule has 4 rings (SSSR count). The standard InChI is InChI=1S/C15H9F3N2O2S/c1-7-2-3-9-8(4-7)19-12(21-9)6-13-20-14-10(22-13)5-11(23-14)15(16,17)18/h2-6,19H,1H3/b12-6-. The van der Waals surface area contributed by atoms with E-state index in [-0.39, 0.29) is 16.3 Å². The number of nitrogens with one attached hydrogen (secondary N) is 1. The van der Waals surface area contributed by atoms with Crippen LogP contribution in [0.25, 0.3) is 16.5 Å². The molecule has 23 heavy (non-hydrogen) atoms. The van der Waals surface area contributed by atoms with Gasteiger partial charge in [0.25, 0.3) is 0 Å². The van der Waals surface area contributed by atoms with Gasteiger partial charge in [-0.2, -0.15) is 18.2 Å². The molecule has 0 bridgehead atoms. The number of aryl methyl sites for hydroxylation is 1. The van der Waals surface area contributed by atoms with Gasteiger partial charge in [0.2, 0.25) is 11.8 Å². The highest BCUT2D eigenvalue weighted by Crippen LogP contribution is 2.39. The van der Waals surface area contributed by atoms with Crippen LogP contribution in [0.15, 0.2) is 34.6 Å². The van der Waals surface area contributed by atoms with Crippen LogP contribution in [0.5, 0.6) is 5.75 Å². The average Bonchev–Trinajstić information content (AvgIpc) is 3.09. The second kappa shape index (κ2) is 4.76. The summed E-state index contributed by atoms with van der Waals surface area (Å²) in [4.78, 5) is 3.52. The molecule has 0 spiro atoms. The van der Waals surface area contributed by atoms with Crippen molar-refractivity contribution < 1.29 is 22.3 Å². The number of benzene rings is 1. The maximum Gasteiger partial charge on any atom is 0.425 e. The molecule has 3 aromatic rings. The second-order valence-corrected chi connectivity index (χ2v) is 6.10. The van der Waals surface area contributed by atoms with Crippen LogP contribution in [-0.2, 0) is 6.18 Å². The molecule has 0 radical (unpaired) electrons. The van der Waals surface area contributed by atoms with Crippen molar-refractivity contribution in [2.75, 3.05) is 5.32 Å². The zero-order chi connectivity index (χ0) is 16.2. The molecular weight excluding hydrogens is 329 g/mol. The molecule has 0 aliphatic carbocycles. The Morgan fingerprint density at radius 1 is 1.26 bits per heavy atom. The molecule has 2 aromatic heterocycles. The van der Waals surface area contributed by atoms with Gasteiger partial charge in [0, 0.05) is 6.07 Å². The van der Waals surface area contributed by atoms with Gasteiger partial charge in [-0.3, -0.25) is 0 Å². The van der Waals surface area contributed by atoms with Crippen molar-refractivity contribution in [3.63, 3.8) is 0 Å². The number of alkyl halides is 3. The van der Waals surface area contributed by atoms with Crippen LogP contribution < -0.4 is 10.1 Å². The number of hydrogen-bond donors (Lipinski definition) is 1. The van der Waals surface area contributed by atoms with E-state index in [9.17, 15) is 13.2 Å². The minimum Gasteiger partial charge on any atom is -0.439 e. The first-order valence-corrected chi connectivity index (χ1v) is 7.45. The van der Waals surface area contributed by atoms with E-state index in [4.69, 9.17) is 9.15 Å². The SMILES string of the molecule is Cc1ccc2c(c1)N/C(=C/c1nc3sc(C(F)(F)F)cc3o1)O2. The molecule has 0 amide bonds. The Kier molecular flexibility index (Phi) is 2.92. The highest BCUT2D eigenvalue weighted by atomic mass is 32.1. The Morgan fingerprint density at radius 2 is 2.09 bits per heavy atom. The summed E-state index contributed by atoms with van der Waals surface area (Å²) in [6.07, 6.45) is -2.88. The molecule has 118 valence electrons. The number of thiophene rings is 1. The molecular formula is C15H9F3N2O2S. The van der Waals surface area contributed by atoms with E-state index >= 15 is 0 Å². The van der Waals surface area contributed by atoms with E-state index < -0.39 is 11.1 Å². The van der Waals surface area contributed by atoms with Crippen LogP contribution in [0.1, 0.15) is 16.3 Å². The summed E-state index contributed by atoms with van der Waals surface area (Å²) in [7, 11) is 0. The van der Waals surface area contributed by atoms with E-state index in [2.05, 4.69) is 10.3 Å². The molecule has 0 saturated carbocycles. The van der Waals surface area contributed by atoms with Gasteiger partial charge in [0.15, 0.2) is 16.2 Å². The first-order chi connectivity index (χ1) is 10.9. The lowest BCUT2D eigenvalue weighted by Gasteiger charge is -1.99. The Morgan fingerprint density at radius 3 is 2.83 bits per heavy atom. The van der Waals surface area contributed by atoms with Crippen molar-refractivity contribution in [3.8, 4) is 5.75 Å². The molecule has 1 aliphatic heterocycles. The molecule has 1 aliphatic rings. The van der Waals surface area contributed by atoms with E-state index in [1.807, 2.05) is 25.1 Å². The van der Waals surface area contributed by atoms with Crippen molar-refractivity contribution in [1.29, 1.82) is 0 Å². The Bertz CT molecular complexity index is 908. The molecule has 0 saturated heterocycles. The van der Waals surface area contributed by atoms with Crippen LogP contribution in [0.3, 0.4) is 0 Å². The predicted molar refractivity (Wildman–Crippen MR) is 80.3 cm³/mol. The zero-order valence-electron chi connectivity index (χ0n) is 11.7. The third-order valence-corrected chi connectivity index (χ3v) is 4.31. The molecule has 1 aromatic carbocycles. The van der Waals surface area contributed by atoms with Crippen LogP contribution in [0, 0.1) is 6.92 Å². The minimum absolute atomic E-state index is 0.112. The summed E-state index contributed by atoms with van der Waals surface area (Å²) in [5.74, 6) is 1.28. The fourth-order valence-corrected chi connectivity index (χ4v) is 3.06. The number of anilines is 1. The number of oxazole rings is 1. The highest BCUT2D eigenvalue weighted by molar-refractivity contribution is 7.18. The first kappa shape index (κ1) is 14.1. The minimum atomic E-state index is -4.39. The molecule has 0 unspecified atom stereocenters. The van der Waals surface area contributed by atoms with Gasteiger partial charge in [-0.25, -0.2) is 0 Å². The predicted octanol–water partition coefficient (Wildman–Crippen LogP) is 5.02. The van der Waals surface area contributed by atoms with Crippen molar-refractivity contribution >= 4 is 33.5 Å². The van der Waals surface area contributed by atoms with E-state index in [0.717, 1.165) is 17.3 Å². The Balaban J connectivity index is 1.62. The number of ether oxygens (including phenoxy) is 1. The lowest BCUT2D eigenvalue weighted by Crippen LogP contribution is -2.00. The van der Waals surface area contributed by atoms with E-state index in [1.54, 1.807) is 0 Å². The Hall–Kier alpha value is -2.48. The van der Waals surface area contributed by atoms with Gasteiger partial charge in [-0.1, -0.05) is 6.07 Å². The molecule has 3 heterocycles. The summed E-state index contributed by atoms with van der Waals surface area (Å²) in [5, 5.41) is 3.06. The van der Waals surface area contributed by atoms with Crippen molar-refractivity contribution in [2.24, 2.45) is 0 Å². The number of fused-ring (bicyclic) bond motifs is 2. The molecule has 0 fully saturated rings. The zero-order valence-corrected chi connectivity index (χ0v) is 12.5. The fraction of sp³-hybridized carbons (Fsp3) is 0.133. The summed E-state index contributed by atoms with van der Waals surface area (Å²) in [6, 6.07) is 6.64. The second-order valence-electron chi connectivity index (χ2n) is 5.07. The smallest absolute Gasteiger partial charge is 0.425 e. The van der Waals surface area contributed by atoms with E-state index in [0.29, 0.717) is 23.0 Å². The third-order valence-electron chi connectivity index (χ3n) is 3.25. The molecule has 4 nitrogen and oxygen atoms in total. The first-order valence-electron chi connectivity index (χ1n) is 6.63. The summed E-state index contributed by atoms with van der Waals surface area (Å²) < 4.78 is 48.8. The Labute approximate surface area is 132 Å². The van der Waals surface area contributed by atoms with Gasteiger partial charge in [0.1, 0.15) is 4.88 Å². The molecule has 1 N–H and O–H groups in total. The normalized spacial score (nSPS) is 15.7. The van der Waals surface area contributed by atoms with E-state index in [1.165, 1.54) is 6.08 Å². The third kappa shape index (κ3) is 2.55. The fourth-order valence-electron chi connectivity index (χ4n) is 2.24. The van der Waals surface area contributed by atoms with Crippen LogP contribution >= 0.6 is 11.3 Å². The van der Waals surface area contributed by atoms with Crippen LogP contribution in [0.2, 0.25) is 0 Å². The number of aromatic nitrogens is 1. The topological polar surface area (TPSA) is 47.3 Å². The van der Waals surface area contributed by atoms with Crippen molar-refractivity contribution in [1.82, 2.24) is 4.98 Å². The van der Waals surface area contributed by atoms with Gasteiger partial charge < -0.3 is 14.5 Å². The van der Waals surface area contributed by atoms with Gasteiger partial charge in [0.05, 0.1) is 11.8 Å². The lowest BCUT2D eigenvalue weighted by molar-refractivity contribution is -0.134. The highest BCUT2D eigenvalue weighted by Gasteiger charge is 2.34. The summed E-state index contributed by atoms with van der Waals surface area (Å²) >= 11 is 0.552.